The standard InChI is InChI=1S/C17H24N4O2.HI/c1-13-16(14(2)23-21-13)9-10-19-17(18-3)20-11-12-22-15-7-5-4-6-8-15;/h4-8H,9-12H2,1-3H3,(H2,18,19,20);1H. The van der Waals surface area contributed by atoms with E-state index < -0.39 is 0 Å². The number of aromatic nitrogens is 1. The maximum absolute atomic E-state index is 5.63. The molecule has 0 aliphatic heterocycles. The number of rotatable bonds is 7. The second kappa shape index (κ2) is 10.9. The molecule has 0 aliphatic carbocycles. The Balaban J connectivity index is 0.00000288. The van der Waals surface area contributed by atoms with E-state index in [1.165, 1.54) is 0 Å². The summed E-state index contributed by atoms with van der Waals surface area (Å²) in [5.41, 5.74) is 2.10. The molecule has 0 bridgehead atoms. The Bertz CT molecular complexity index is 609. The molecule has 1 aromatic carbocycles. The van der Waals surface area contributed by atoms with Crippen molar-refractivity contribution in [1.29, 1.82) is 0 Å². The van der Waals surface area contributed by atoms with Crippen molar-refractivity contribution in [2.45, 2.75) is 20.3 Å². The van der Waals surface area contributed by atoms with Gasteiger partial charge in [0.2, 0.25) is 0 Å². The number of ether oxygens (including phenoxy) is 1. The number of aliphatic imine (C=N–C) groups is 1. The predicted molar refractivity (Wildman–Crippen MR) is 106 cm³/mol. The molecule has 0 fully saturated rings. The first-order valence-electron chi connectivity index (χ1n) is 7.75. The van der Waals surface area contributed by atoms with E-state index in [0.29, 0.717) is 13.2 Å². The van der Waals surface area contributed by atoms with Crippen LogP contribution in [0.3, 0.4) is 0 Å². The molecule has 2 N–H and O–H groups in total. The summed E-state index contributed by atoms with van der Waals surface area (Å²) in [5, 5.41) is 10.5. The number of benzene rings is 1. The topological polar surface area (TPSA) is 71.7 Å². The summed E-state index contributed by atoms with van der Waals surface area (Å²) in [7, 11) is 1.75. The number of para-hydroxylation sites is 1. The van der Waals surface area contributed by atoms with E-state index in [1.54, 1.807) is 7.05 Å². The van der Waals surface area contributed by atoms with E-state index in [-0.39, 0.29) is 24.0 Å². The monoisotopic (exact) mass is 444 g/mol. The first-order chi connectivity index (χ1) is 11.2. The third kappa shape index (κ3) is 6.38. The van der Waals surface area contributed by atoms with Crippen molar-refractivity contribution >= 4 is 29.9 Å². The van der Waals surface area contributed by atoms with Gasteiger partial charge in [-0.15, -0.1) is 24.0 Å². The SMILES string of the molecule is CN=C(NCCOc1ccccc1)NCCc1c(C)noc1C.I. The molecule has 0 saturated carbocycles. The summed E-state index contributed by atoms with van der Waals surface area (Å²) in [5.74, 6) is 2.51. The van der Waals surface area contributed by atoms with E-state index >= 15 is 0 Å². The predicted octanol–water partition coefficient (Wildman–Crippen LogP) is 2.70. The number of halogens is 1. The molecule has 132 valence electrons. The van der Waals surface area contributed by atoms with Gasteiger partial charge in [0, 0.05) is 19.2 Å². The van der Waals surface area contributed by atoms with Crippen LogP contribution in [0.25, 0.3) is 0 Å². The Labute approximate surface area is 160 Å². The second-order valence-corrected chi connectivity index (χ2v) is 5.14. The van der Waals surface area contributed by atoms with E-state index in [1.807, 2.05) is 44.2 Å². The zero-order valence-corrected chi connectivity index (χ0v) is 16.7. The van der Waals surface area contributed by atoms with Crippen LogP contribution in [-0.4, -0.2) is 37.9 Å². The Morgan fingerprint density at radius 1 is 1.17 bits per heavy atom. The molecule has 2 rings (SSSR count). The van der Waals surface area contributed by atoms with E-state index in [9.17, 15) is 0 Å². The molecule has 1 heterocycles. The fraction of sp³-hybridized carbons (Fsp3) is 0.412. The number of nitrogens with zero attached hydrogens (tertiary/aromatic N) is 2. The van der Waals surface area contributed by atoms with Crippen molar-refractivity contribution in [3.05, 3.63) is 47.3 Å². The van der Waals surface area contributed by atoms with Gasteiger partial charge < -0.3 is 19.9 Å². The van der Waals surface area contributed by atoms with Crippen LogP contribution in [0, 0.1) is 13.8 Å². The summed E-state index contributed by atoms with van der Waals surface area (Å²) in [6.07, 6.45) is 0.850. The van der Waals surface area contributed by atoms with Gasteiger partial charge in [-0.25, -0.2) is 0 Å². The Hall–Kier alpha value is -1.77. The van der Waals surface area contributed by atoms with E-state index in [4.69, 9.17) is 9.26 Å². The highest BCUT2D eigenvalue weighted by Gasteiger charge is 2.08. The van der Waals surface area contributed by atoms with Crippen LogP contribution in [0.5, 0.6) is 5.75 Å². The maximum Gasteiger partial charge on any atom is 0.191 e. The number of hydrogen-bond donors (Lipinski definition) is 2. The van der Waals surface area contributed by atoms with Crippen molar-refractivity contribution in [1.82, 2.24) is 15.8 Å². The zero-order valence-electron chi connectivity index (χ0n) is 14.3. The van der Waals surface area contributed by atoms with Gasteiger partial charge in [-0.2, -0.15) is 0 Å². The van der Waals surface area contributed by atoms with Gasteiger partial charge in [0.15, 0.2) is 5.96 Å². The van der Waals surface area contributed by atoms with Crippen LogP contribution < -0.4 is 15.4 Å². The van der Waals surface area contributed by atoms with Gasteiger partial charge in [-0.05, 0) is 32.4 Å². The van der Waals surface area contributed by atoms with Crippen molar-refractivity contribution in [3.8, 4) is 5.75 Å². The van der Waals surface area contributed by atoms with Gasteiger partial charge in [0.1, 0.15) is 18.1 Å². The third-order valence-electron chi connectivity index (χ3n) is 3.48. The van der Waals surface area contributed by atoms with Crippen molar-refractivity contribution < 1.29 is 9.26 Å². The number of aryl methyl sites for hydroxylation is 2. The fourth-order valence-electron chi connectivity index (χ4n) is 2.24. The van der Waals surface area contributed by atoms with Crippen molar-refractivity contribution in [2.75, 3.05) is 26.7 Å². The van der Waals surface area contributed by atoms with Crippen LogP contribution in [0.2, 0.25) is 0 Å². The summed E-state index contributed by atoms with van der Waals surface area (Å²) in [6, 6.07) is 9.76. The molecular formula is C17H25IN4O2. The minimum Gasteiger partial charge on any atom is -0.492 e. The molecule has 24 heavy (non-hydrogen) atoms. The molecule has 6 nitrogen and oxygen atoms in total. The minimum atomic E-state index is 0. The van der Waals surface area contributed by atoms with Crippen LogP contribution in [-0.2, 0) is 6.42 Å². The summed E-state index contributed by atoms with van der Waals surface area (Å²) in [6.45, 7) is 5.92. The summed E-state index contributed by atoms with van der Waals surface area (Å²) >= 11 is 0. The Morgan fingerprint density at radius 3 is 2.50 bits per heavy atom. The minimum absolute atomic E-state index is 0. The molecule has 0 saturated heterocycles. The smallest absolute Gasteiger partial charge is 0.191 e. The second-order valence-electron chi connectivity index (χ2n) is 5.14. The third-order valence-corrected chi connectivity index (χ3v) is 3.48. The average Bonchev–Trinajstić information content (AvgIpc) is 2.89. The molecule has 2 aromatic rings. The molecular weight excluding hydrogens is 419 g/mol. The molecule has 0 radical (unpaired) electrons. The number of nitrogens with one attached hydrogen (secondary N) is 2. The zero-order chi connectivity index (χ0) is 16.5. The van der Waals surface area contributed by atoms with Crippen LogP contribution in [0.4, 0.5) is 0 Å². The Morgan fingerprint density at radius 2 is 1.88 bits per heavy atom. The average molecular weight is 444 g/mol. The van der Waals surface area contributed by atoms with Gasteiger partial charge >= 0.3 is 0 Å². The molecule has 1 aromatic heterocycles. The van der Waals surface area contributed by atoms with Gasteiger partial charge in [-0.1, -0.05) is 23.4 Å². The molecule has 7 heteroatoms. The molecule has 0 atom stereocenters. The lowest BCUT2D eigenvalue weighted by molar-refractivity contribution is 0.322. The van der Waals surface area contributed by atoms with Gasteiger partial charge in [0.05, 0.1) is 12.2 Å². The van der Waals surface area contributed by atoms with E-state index in [0.717, 1.165) is 41.7 Å². The molecule has 0 amide bonds. The highest BCUT2D eigenvalue weighted by molar-refractivity contribution is 14.0. The Kier molecular flexibility index (Phi) is 9.21. The summed E-state index contributed by atoms with van der Waals surface area (Å²) in [4.78, 5) is 4.20. The van der Waals surface area contributed by atoms with Crippen LogP contribution >= 0.6 is 24.0 Å². The lowest BCUT2D eigenvalue weighted by Gasteiger charge is -2.12. The van der Waals surface area contributed by atoms with Gasteiger partial charge in [0.25, 0.3) is 0 Å². The largest absolute Gasteiger partial charge is 0.492 e. The van der Waals surface area contributed by atoms with Crippen LogP contribution in [0.1, 0.15) is 17.0 Å². The highest BCUT2D eigenvalue weighted by Crippen LogP contribution is 2.12. The lowest BCUT2D eigenvalue weighted by atomic mass is 10.1. The maximum atomic E-state index is 5.63. The quantitative estimate of drug-likeness (QED) is 0.298. The first-order valence-corrected chi connectivity index (χ1v) is 7.75. The number of guanidine groups is 1. The molecule has 0 aliphatic rings. The molecule has 0 unspecified atom stereocenters. The van der Waals surface area contributed by atoms with E-state index in [2.05, 4.69) is 20.8 Å². The van der Waals surface area contributed by atoms with Crippen molar-refractivity contribution in [3.63, 3.8) is 0 Å². The lowest BCUT2D eigenvalue weighted by Crippen LogP contribution is -2.40. The van der Waals surface area contributed by atoms with Crippen molar-refractivity contribution in [2.24, 2.45) is 4.99 Å². The summed E-state index contributed by atoms with van der Waals surface area (Å²) < 4.78 is 10.8. The highest BCUT2D eigenvalue weighted by atomic mass is 127. The number of hydrogen-bond acceptors (Lipinski definition) is 4. The van der Waals surface area contributed by atoms with Gasteiger partial charge in [-0.3, -0.25) is 4.99 Å². The first kappa shape index (κ1) is 20.3. The van der Waals surface area contributed by atoms with Crippen LogP contribution in [0.15, 0.2) is 39.8 Å². The normalized spacial score (nSPS) is 10.9. The molecule has 0 spiro atoms. The fourth-order valence-corrected chi connectivity index (χ4v) is 2.24.